The molecule has 3 heteroatoms. The van der Waals surface area contributed by atoms with Crippen molar-refractivity contribution in [3.63, 3.8) is 0 Å². The van der Waals surface area contributed by atoms with Gasteiger partial charge in [0.05, 0.1) is 21.4 Å². The van der Waals surface area contributed by atoms with Gasteiger partial charge in [-0.05, 0) is 111 Å². The van der Waals surface area contributed by atoms with Gasteiger partial charge in [0.2, 0.25) is 0 Å². The molecule has 0 amide bonds. The summed E-state index contributed by atoms with van der Waals surface area (Å²) >= 11 is 1.88. The van der Waals surface area contributed by atoms with Crippen molar-refractivity contribution >= 4 is 70.4 Å². The van der Waals surface area contributed by atoms with Crippen molar-refractivity contribution in [3.8, 4) is 50.2 Å². The molecule has 0 radical (unpaired) electrons. The number of fused-ring (bicyclic) bond motifs is 6. The third-order valence-corrected chi connectivity index (χ3v) is 13.6. The standard InChI is InChI=1S/C60H40N2S/c1-3-13-41(14-4-1)43-29-34-49(35-30-43)61(50-36-31-44(32-37-50)42-15-5-2-6-16-42)51-18-11-17-47(39-51)45-25-27-46(28-26-45)48-33-38-57-55(40-48)52-19-7-9-22-56(52)62(57)58-23-12-21-54-53-20-8-10-24-59(53)63-60(54)58/h1-40H. The maximum Gasteiger partial charge on any atom is 0.0640 e. The zero-order chi connectivity index (χ0) is 41.7. The number of thiophene rings is 1. The highest BCUT2D eigenvalue weighted by molar-refractivity contribution is 7.26. The third-order valence-electron chi connectivity index (χ3n) is 12.4. The normalized spacial score (nSPS) is 11.5. The smallest absolute Gasteiger partial charge is 0.0640 e. The van der Waals surface area contributed by atoms with E-state index in [1.54, 1.807) is 0 Å². The number of aromatic nitrogens is 1. The molecule has 0 N–H and O–H groups in total. The molecule has 0 aliphatic carbocycles. The van der Waals surface area contributed by atoms with Crippen molar-refractivity contribution in [1.29, 1.82) is 0 Å². The van der Waals surface area contributed by atoms with Crippen LogP contribution in [0.4, 0.5) is 17.1 Å². The summed E-state index contributed by atoms with van der Waals surface area (Å²) in [6.45, 7) is 0. The first-order valence-electron chi connectivity index (χ1n) is 21.5. The van der Waals surface area contributed by atoms with Crippen LogP contribution in [-0.4, -0.2) is 4.57 Å². The van der Waals surface area contributed by atoms with Gasteiger partial charge in [0, 0.05) is 43.3 Å². The Labute approximate surface area is 370 Å². The first kappa shape index (κ1) is 36.8. The van der Waals surface area contributed by atoms with Crippen LogP contribution in [0.15, 0.2) is 243 Å². The van der Waals surface area contributed by atoms with Crippen molar-refractivity contribution in [1.82, 2.24) is 4.57 Å². The van der Waals surface area contributed by atoms with E-state index < -0.39 is 0 Å². The zero-order valence-corrected chi connectivity index (χ0v) is 35.2. The molecule has 0 aliphatic rings. The molecular formula is C60H40N2S. The summed E-state index contributed by atoms with van der Waals surface area (Å²) in [5.74, 6) is 0. The first-order chi connectivity index (χ1) is 31.2. The molecule has 0 fully saturated rings. The second kappa shape index (κ2) is 15.5. The van der Waals surface area contributed by atoms with E-state index in [9.17, 15) is 0 Å². The van der Waals surface area contributed by atoms with Gasteiger partial charge in [-0.1, -0.05) is 176 Å². The molecule has 0 spiro atoms. The van der Waals surface area contributed by atoms with Gasteiger partial charge < -0.3 is 9.47 Å². The minimum Gasteiger partial charge on any atom is -0.310 e. The van der Waals surface area contributed by atoms with Crippen LogP contribution in [0.3, 0.4) is 0 Å². The molecule has 0 atom stereocenters. The Bertz CT molecular complexity index is 3500. The number of hydrogen-bond acceptors (Lipinski definition) is 2. The molecule has 2 aromatic heterocycles. The lowest BCUT2D eigenvalue weighted by Crippen LogP contribution is -2.10. The topological polar surface area (TPSA) is 8.17 Å². The van der Waals surface area contributed by atoms with E-state index >= 15 is 0 Å². The average molecular weight is 821 g/mol. The lowest BCUT2D eigenvalue weighted by Gasteiger charge is -2.26. The van der Waals surface area contributed by atoms with Crippen molar-refractivity contribution < 1.29 is 0 Å². The van der Waals surface area contributed by atoms with Crippen LogP contribution in [-0.2, 0) is 0 Å². The number of anilines is 3. The van der Waals surface area contributed by atoms with Crippen molar-refractivity contribution in [3.05, 3.63) is 243 Å². The predicted octanol–water partition coefficient (Wildman–Crippen LogP) is 17.3. The van der Waals surface area contributed by atoms with Crippen LogP contribution < -0.4 is 4.90 Å². The lowest BCUT2D eigenvalue weighted by atomic mass is 9.98. The molecule has 0 bridgehead atoms. The molecule has 12 rings (SSSR count). The van der Waals surface area contributed by atoms with Gasteiger partial charge in [0.15, 0.2) is 0 Å². The Morgan fingerprint density at radius 1 is 0.286 bits per heavy atom. The molecule has 2 nitrogen and oxygen atoms in total. The number of para-hydroxylation sites is 1. The highest BCUT2D eigenvalue weighted by Gasteiger charge is 2.18. The Balaban J connectivity index is 0.896. The van der Waals surface area contributed by atoms with Crippen molar-refractivity contribution in [2.24, 2.45) is 0 Å². The van der Waals surface area contributed by atoms with E-state index in [0.717, 1.165) is 17.1 Å². The van der Waals surface area contributed by atoms with Gasteiger partial charge in [-0.2, -0.15) is 0 Å². The zero-order valence-electron chi connectivity index (χ0n) is 34.4. The third kappa shape index (κ3) is 6.58. The Morgan fingerprint density at radius 3 is 1.41 bits per heavy atom. The minimum atomic E-state index is 1.10. The van der Waals surface area contributed by atoms with Gasteiger partial charge in [-0.25, -0.2) is 0 Å². The molecule has 0 saturated carbocycles. The molecule has 63 heavy (non-hydrogen) atoms. The van der Waals surface area contributed by atoms with Gasteiger partial charge in [-0.3, -0.25) is 0 Å². The van der Waals surface area contributed by atoms with Crippen molar-refractivity contribution in [2.75, 3.05) is 4.90 Å². The summed E-state index contributed by atoms with van der Waals surface area (Å²) in [6.07, 6.45) is 0. The van der Waals surface area contributed by atoms with Crippen LogP contribution in [0.2, 0.25) is 0 Å². The van der Waals surface area contributed by atoms with E-state index in [0.29, 0.717) is 0 Å². The Hall–Kier alpha value is -7.98. The van der Waals surface area contributed by atoms with Crippen LogP contribution >= 0.6 is 11.3 Å². The fourth-order valence-electron chi connectivity index (χ4n) is 9.31. The van der Waals surface area contributed by atoms with Gasteiger partial charge >= 0.3 is 0 Å². The highest BCUT2D eigenvalue weighted by Crippen LogP contribution is 2.43. The van der Waals surface area contributed by atoms with Crippen LogP contribution in [0, 0.1) is 0 Å². The Kier molecular flexibility index (Phi) is 9.06. The first-order valence-corrected chi connectivity index (χ1v) is 22.3. The number of hydrogen-bond donors (Lipinski definition) is 0. The van der Waals surface area contributed by atoms with Gasteiger partial charge in [0.25, 0.3) is 0 Å². The van der Waals surface area contributed by atoms with E-state index in [-0.39, 0.29) is 0 Å². The second-order valence-corrected chi connectivity index (χ2v) is 17.2. The fraction of sp³-hybridized carbons (Fsp3) is 0. The summed E-state index contributed by atoms with van der Waals surface area (Å²) in [4.78, 5) is 2.36. The summed E-state index contributed by atoms with van der Waals surface area (Å²) in [5.41, 5.74) is 16.5. The highest BCUT2D eigenvalue weighted by atomic mass is 32.1. The number of rotatable bonds is 8. The molecule has 2 heterocycles. The van der Waals surface area contributed by atoms with E-state index in [4.69, 9.17) is 0 Å². The van der Waals surface area contributed by atoms with Gasteiger partial charge in [0.1, 0.15) is 0 Å². The van der Waals surface area contributed by atoms with E-state index in [1.807, 2.05) is 11.3 Å². The molecule has 0 saturated heterocycles. The largest absolute Gasteiger partial charge is 0.310 e. The minimum absolute atomic E-state index is 1.10. The molecule has 10 aromatic carbocycles. The average Bonchev–Trinajstić information content (AvgIpc) is 3.91. The maximum atomic E-state index is 2.46. The molecule has 0 aliphatic heterocycles. The van der Waals surface area contributed by atoms with Crippen LogP contribution in [0.1, 0.15) is 0 Å². The number of benzene rings is 10. The molecular weight excluding hydrogens is 781 g/mol. The number of nitrogens with zero attached hydrogens (tertiary/aromatic N) is 2. The molecule has 0 unspecified atom stereocenters. The summed E-state index contributed by atoms with van der Waals surface area (Å²) in [6, 6.07) is 88.2. The van der Waals surface area contributed by atoms with Gasteiger partial charge in [-0.15, -0.1) is 11.3 Å². The second-order valence-electron chi connectivity index (χ2n) is 16.1. The maximum absolute atomic E-state index is 2.46. The molecule has 296 valence electrons. The fourth-order valence-corrected chi connectivity index (χ4v) is 10.5. The van der Waals surface area contributed by atoms with Crippen LogP contribution in [0.5, 0.6) is 0 Å². The quantitative estimate of drug-likeness (QED) is 0.148. The Morgan fingerprint density at radius 2 is 0.746 bits per heavy atom. The monoisotopic (exact) mass is 820 g/mol. The summed E-state index contributed by atoms with van der Waals surface area (Å²) in [7, 11) is 0. The SMILES string of the molecule is c1ccc(-c2ccc(N(c3ccc(-c4ccccc4)cc3)c3cccc(-c4ccc(-c5ccc6c(c5)c5ccccc5n6-c5cccc6c5sc5ccccc56)cc4)c3)cc2)cc1. The lowest BCUT2D eigenvalue weighted by molar-refractivity contribution is 1.20. The predicted molar refractivity (Wildman–Crippen MR) is 270 cm³/mol. The van der Waals surface area contributed by atoms with Crippen LogP contribution in [0.25, 0.3) is 92.2 Å². The molecule has 12 aromatic rings. The van der Waals surface area contributed by atoms with E-state index in [1.165, 1.54) is 92.2 Å². The summed E-state index contributed by atoms with van der Waals surface area (Å²) in [5, 5.41) is 5.14. The van der Waals surface area contributed by atoms with Crippen molar-refractivity contribution in [2.45, 2.75) is 0 Å². The van der Waals surface area contributed by atoms with E-state index in [2.05, 4.69) is 252 Å². The summed E-state index contributed by atoms with van der Waals surface area (Å²) < 4.78 is 5.09.